The molecule has 76 valence electrons. The van der Waals surface area contributed by atoms with Crippen LogP contribution in [-0.4, -0.2) is 17.1 Å². The zero-order valence-electron chi connectivity index (χ0n) is 8.42. The molecule has 1 unspecified atom stereocenters. The van der Waals surface area contributed by atoms with E-state index in [4.69, 9.17) is 11.6 Å². The fraction of sp³-hybridized carbons (Fsp3) is 0.667. The van der Waals surface area contributed by atoms with Gasteiger partial charge in [0, 0.05) is 5.57 Å². The second kappa shape index (κ2) is 5.72. The van der Waals surface area contributed by atoms with Crippen LogP contribution < -0.4 is 11.6 Å². The normalized spacial score (nSPS) is 12.3. The van der Waals surface area contributed by atoms with Gasteiger partial charge in [0.05, 0.1) is 6.17 Å². The molecule has 0 spiro atoms. The van der Waals surface area contributed by atoms with E-state index in [-0.39, 0.29) is 5.91 Å². The highest BCUT2D eigenvalue weighted by atomic mass is 16.2. The van der Waals surface area contributed by atoms with Gasteiger partial charge in [-0.05, 0) is 13.3 Å². The van der Waals surface area contributed by atoms with Crippen molar-refractivity contribution in [2.75, 3.05) is 0 Å². The van der Waals surface area contributed by atoms with Gasteiger partial charge in [-0.25, -0.2) is 5.84 Å². The van der Waals surface area contributed by atoms with Crippen LogP contribution in [0.5, 0.6) is 0 Å². The van der Waals surface area contributed by atoms with E-state index in [2.05, 4.69) is 13.5 Å². The van der Waals surface area contributed by atoms with Gasteiger partial charge in [0.1, 0.15) is 0 Å². The second-order valence-corrected chi connectivity index (χ2v) is 3.20. The Balaban J connectivity index is 4.01. The lowest BCUT2D eigenvalue weighted by Crippen LogP contribution is -2.50. The highest BCUT2D eigenvalue weighted by Gasteiger charge is 2.16. The average Bonchev–Trinajstić information content (AvgIpc) is 2.11. The molecule has 4 N–H and O–H groups in total. The van der Waals surface area contributed by atoms with Crippen LogP contribution in [0.1, 0.15) is 33.1 Å². The molecule has 13 heavy (non-hydrogen) atoms. The molecule has 1 atom stereocenters. The summed E-state index contributed by atoms with van der Waals surface area (Å²) >= 11 is 0. The Labute approximate surface area is 79.5 Å². The number of unbranched alkanes of at least 4 members (excludes halogenated alkanes) is 1. The van der Waals surface area contributed by atoms with Gasteiger partial charge in [0.2, 0.25) is 0 Å². The summed E-state index contributed by atoms with van der Waals surface area (Å²) in [6, 6.07) is 0. The Morgan fingerprint density at radius 2 is 2.15 bits per heavy atom. The molecule has 0 aliphatic rings. The van der Waals surface area contributed by atoms with Crippen LogP contribution in [0.15, 0.2) is 12.2 Å². The molecule has 4 nitrogen and oxygen atoms in total. The molecule has 0 aliphatic heterocycles. The maximum atomic E-state index is 11.3. The summed E-state index contributed by atoms with van der Waals surface area (Å²) in [5.41, 5.74) is 6.09. The van der Waals surface area contributed by atoms with Crippen LogP contribution in [0.25, 0.3) is 0 Å². The predicted molar refractivity (Wildman–Crippen MR) is 53.3 cm³/mol. The first kappa shape index (κ1) is 12.1. The quantitative estimate of drug-likeness (QED) is 0.218. The van der Waals surface area contributed by atoms with Crippen molar-refractivity contribution >= 4 is 5.91 Å². The molecule has 4 heteroatoms. The summed E-state index contributed by atoms with van der Waals surface area (Å²) < 4.78 is 0. The van der Waals surface area contributed by atoms with Crippen molar-refractivity contribution in [2.24, 2.45) is 11.6 Å². The molecule has 0 aromatic carbocycles. The minimum atomic E-state index is -0.399. The molecule has 0 aliphatic carbocycles. The van der Waals surface area contributed by atoms with Crippen LogP contribution >= 0.6 is 0 Å². The molecule has 0 saturated carbocycles. The number of nitrogens with zero attached hydrogens (tertiary/aromatic N) is 1. The first-order valence-corrected chi connectivity index (χ1v) is 4.50. The van der Waals surface area contributed by atoms with Crippen LogP contribution in [-0.2, 0) is 4.79 Å². The maximum Gasteiger partial charge on any atom is 0.264 e. The lowest BCUT2D eigenvalue weighted by Gasteiger charge is -2.23. The molecular formula is C9H19N3O. The summed E-state index contributed by atoms with van der Waals surface area (Å²) in [5, 5.41) is 1.05. The van der Waals surface area contributed by atoms with E-state index >= 15 is 0 Å². The van der Waals surface area contributed by atoms with Gasteiger partial charge < -0.3 is 5.73 Å². The van der Waals surface area contributed by atoms with Gasteiger partial charge in [-0.15, -0.1) is 0 Å². The SMILES string of the molecule is C=C(C)C(=O)N(N)C(N)CCCC. The summed E-state index contributed by atoms with van der Waals surface area (Å²) in [4.78, 5) is 11.3. The number of carbonyl (C=O) groups excluding carboxylic acids is 1. The van der Waals surface area contributed by atoms with E-state index in [0.29, 0.717) is 5.57 Å². The minimum absolute atomic E-state index is 0.288. The van der Waals surface area contributed by atoms with Crippen LogP contribution in [0.3, 0.4) is 0 Å². The molecular weight excluding hydrogens is 166 g/mol. The second-order valence-electron chi connectivity index (χ2n) is 3.20. The third kappa shape index (κ3) is 4.05. The molecule has 0 heterocycles. The van der Waals surface area contributed by atoms with Crippen molar-refractivity contribution in [1.29, 1.82) is 0 Å². The Bertz CT molecular complexity index is 191. The Hall–Kier alpha value is -0.870. The molecule has 0 radical (unpaired) electrons. The molecule has 0 aromatic heterocycles. The summed E-state index contributed by atoms with van der Waals surface area (Å²) in [5.74, 6) is 5.21. The first-order chi connectivity index (χ1) is 6.00. The maximum absolute atomic E-state index is 11.3. The van der Waals surface area contributed by atoms with Crippen molar-refractivity contribution in [1.82, 2.24) is 5.01 Å². The van der Waals surface area contributed by atoms with Gasteiger partial charge >= 0.3 is 0 Å². The Kier molecular flexibility index (Phi) is 5.34. The zero-order valence-corrected chi connectivity index (χ0v) is 8.42. The number of hydrogen-bond acceptors (Lipinski definition) is 3. The van der Waals surface area contributed by atoms with E-state index in [1.165, 1.54) is 0 Å². The molecule has 1 amide bonds. The molecule has 0 bridgehead atoms. The summed E-state index contributed by atoms with van der Waals surface area (Å²) in [6.07, 6.45) is 2.34. The number of rotatable bonds is 5. The van der Waals surface area contributed by atoms with Crippen molar-refractivity contribution in [3.05, 3.63) is 12.2 Å². The van der Waals surface area contributed by atoms with E-state index in [1.807, 2.05) is 0 Å². The van der Waals surface area contributed by atoms with Crippen LogP contribution in [0.2, 0.25) is 0 Å². The van der Waals surface area contributed by atoms with Crippen molar-refractivity contribution in [2.45, 2.75) is 39.3 Å². The van der Waals surface area contributed by atoms with Crippen molar-refractivity contribution in [3.8, 4) is 0 Å². The van der Waals surface area contributed by atoms with Gasteiger partial charge in [-0.2, -0.15) is 0 Å². The van der Waals surface area contributed by atoms with Crippen molar-refractivity contribution < 1.29 is 4.79 Å². The number of amides is 1. The third-order valence-electron chi connectivity index (χ3n) is 1.81. The fourth-order valence-electron chi connectivity index (χ4n) is 0.923. The van der Waals surface area contributed by atoms with E-state index in [9.17, 15) is 4.79 Å². The van der Waals surface area contributed by atoms with Crippen LogP contribution in [0.4, 0.5) is 0 Å². The average molecular weight is 185 g/mol. The monoisotopic (exact) mass is 185 g/mol. The third-order valence-corrected chi connectivity index (χ3v) is 1.81. The van der Waals surface area contributed by atoms with Gasteiger partial charge in [0.25, 0.3) is 5.91 Å². The molecule has 0 saturated heterocycles. The highest BCUT2D eigenvalue weighted by molar-refractivity contribution is 5.91. The van der Waals surface area contributed by atoms with Gasteiger partial charge in [0.15, 0.2) is 0 Å². The molecule has 0 fully saturated rings. The van der Waals surface area contributed by atoms with Crippen molar-refractivity contribution in [3.63, 3.8) is 0 Å². The fourth-order valence-corrected chi connectivity index (χ4v) is 0.923. The minimum Gasteiger partial charge on any atom is -0.310 e. The van der Waals surface area contributed by atoms with Gasteiger partial charge in [-0.3, -0.25) is 9.80 Å². The Morgan fingerprint density at radius 1 is 1.62 bits per heavy atom. The lowest BCUT2D eigenvalue weighted by molar-refractivity contribution is -0.129. The number of nitrogens with two attached hydrogens (primary N) is 2. The van der Waals surface area contributed by atoms with E-state index < -0.39 is 6.17 Å². The first-order valence-electron chi connectivity index (χ1n) is 4.50. The number of hydrogen-bond donors (Lipinski definition) is 2. The summed E-state index contributed by atoms with van der Waals surface area (Å²) in [7, 11) is 0. The summed E-state index contributed by atoms with van der Waals surface area (Å²) in [6.45, 7) is 7.20. The van der Waals surface area contributed by atoms with E-state index in [1.54, 1.807) is 6.92 Å². The number of hydrazine groups is 1. The van der Waals surface area contributed by atoms with Gasteiger partial charge in [-0.1, -0.05) is 26.3 Å². The predicted octanol–water partition coefficient (Wildman–Crippen LogP) is 0.740. The molecule has 0 aromatic rings. The Morgan fingerprint density at radius 3 is 2.54 bits per heavy atom. The van der Waals surface area contributed by atoms with E-state index in [0.717, 1.165) is 24.3 Å². The largest absolute Gasteiger partial charge is 0.310 e. The lowest BCUT2D eigenvalue weighted by atomic mass is 10.2. The molecule has 0 rings (SSSR count). The van der Waals surface area contributed by atoms with Crippen LogP contribution in [0, 0.1) is 0 Å². The standard InChI is InChI=1S/C9H19N3O/c1-4-5-6-8(10)12(11)9(13)7(2)3/h8H,2,4-6,10-11H2,1,3H3. The number of carbonyl (C=O) groups is 1. The topological polar surface area (TPSA) is 72.3 Å². The smallest absolute Gasteiger partial charge is 0.264 e. The highest BCUT2D eigenvalue weighted by Crippen LogP contribution is 2.03. The zero-order chi connectivity index (χ0) is 10.4.